The predicted molar refractivity (Wildman–Crippen MR) is 68.6 cm³/mol. The fourth-order valence-corrected chi connectivity index (χ4v) is 2.48. The van der Waals surface area contributed by atoms with E-state index in [4.69, 9.17) is 20.7 Å². The van der Waals surface area contributed by atoms with E-state index in [1.165, 1.54) is 0 Å². The van der Waals surface area contributed by atoms with Gasteiger partial charge < -0.3 is 55.1 Å². The van der Waals surface area contributed by atoms with Gasteiger partial charge in [-0.05, 0) is 0 Å². The predicted octanol–water partition coefficient (Wildman–Crippen LogP) is -5.40. The van der Waals surface area contributed by atoms with E-state index in [2.05, 4.69) is 0 Å². The van der Waals surface area contributed by atoms with Gasteiger partial charge in [0, 0.05) is 0 Å². The molecule has 0 aromatic rings. The Hall–Kier alpha value is -0.440. The maximum atomic E-state index is 9.99. The van der Waals surface area contributed by atoms with Crippen LogP contribution in [0.25, 0.3) is 0 Å². The zero-order valence-corrected chi connectivity index (χ0v) is 11.9. The second kappa shape index (κ2) is 7.63. The fraction of sp³-hybridized carbons (Fsp3) is 1.00. The Kier molecular flexibility index (Phi) is 5.77. The van der Waals surface area contributed by atoms with Crippen molar-refractivity contribution < 1.29 is 56.4 Å². The summed E-state index contributed by atoms with van der Waals surface area (Å²) in [5.74, 6) is 0. The third kappa shape index (κ3) is 3.65. The molecule has 0 radical (unpaired) electrons. The van der Waals surface area contributed by atoms with Crippen LogP contribution < -0.4 is 0 Å². The van der Waals surface area contributed by atoms with Gasteiger partial charge in [0.15, 0.2) is 12.6 Å². The molecule has 0 aromatic carbocycles. The normalized spacial score (nSPS) is 55.5. The second-order valence-electron chi connectivity index (χ2n) is 5.41. The van der Waals surface area contributed by atoms with E-state index in [-0.39, 0.29) is 0 Å². The van der Waals surface area contributed by atoms with E-state index >= 15 is 0 Å². The summed E-state index contributed by atoms with van der Waals surface area (Å²) in [4.78, 5) is 0. The number of aliphatic hydroxyl groups excluding tert-OH is 7. The molecule has 2 heterocycles. The highest BCUT2D eigenvalue weighted by molar-refractivity contribution is 4.93. The van der Waals surface area contributed by atoms with E-state index in [0.717, 1.165) is 0 Å². The van der Waals surface area contributed by atoms with E-state index < -0.39 is 74.6 Å². The van der Waals surface area contributed by atoms with Gasteiger partial charge >= 0.3 is 0 Å². The van der Waals surface area contributed by atoms with Crippen molar-refractivity contribution in [2.45, 2.75) is 61.4 Å². The monoisotopic (exact) mass is 343 g/mol. The molecule has 1 unspecified atom stereocenters. The lowest BCUT2D eigenvalue weighted by Crippen LogP contribution is -2.64. The van der Waals surface area contributed by atoms with Crippen LogP contribution in [0, 0.1) is 0 Å². The minimum atomic E-state index is -2.89. The first-order valence-electron chi connectivity index (χ1n) is 7.47. The van der Waals surface area contributed by atoms with Crippen molar-refractivity contribution in [2.75, 3.05) is 13.2 Å². The largest absolute Gasteiger partial charge is 0.394 e. The third-order valence-corrected chi connectivity index (χ3v) is 3.87. The first-order chi connectivity index (χ1) is 11.1. The summed E-state index contributed by atoms with van der Waals surface area (Å²) in [7, 11) is 0. The first kappa shape index (κ1) is 17.4. The molecule has 8 N–H and O–H groups in total. The van der Waals surface area contributed by atoms with Crippen LogP contribution in [0.3, 0.4) is 0 Å². The van der Waals surface area contributed by atoms with Gasteiger partial charge in [0.1, 0.15) is 48.8 Å². The Balaban J connectivity index is 2.15. The standard InChI is InChI=1S/C12H22O11/c13-1-3-5(15)6(16)9(19)12(22-3)23-10-4(2-14)21-11(20)8(18)7(10)17/h3-20H,1-2H2/t3-,4-,5+,6+,7-,8-,9-,10-,11?,12+/m1/s1/i11D. The van der Waals surface area contributed by atoms with E-state index in [9.17, 15) is 35.7 Å². The molecule has 2 saturated heterocycles. The summed E-state index contributed by atoms with van der Waals surface area (Å²) in [6, 6.07) is 0. The quantitative estimate of drug-likeness (QED) is 0.243. The van der Waals surface area contributed by atoms with Crippen molar-refractivity contribution in [3.05, 3.63) is 0 Å². The number of hydrogen-bond acceptors (Lipinski definition) is 11. The smallest absolute Gasteiger partial charge is 0.187 e. The molecule has 11 nitrogen and oxygen atoms in total. The van der Waals surface area contributed by atoms with Gasteiger partial charge in [-0.25, -0.2) is 0 Å². The Morgan fingerprint density at radius 1 is 0.739 bits per heavy atom. The maximum absolute atomic E-state index is 9.99. The SMILES string of the molecule is [2H]C1(O)O[C@H](CO)[C@@H](O[C@@H]2O[C@H](CO)[C@H](O)[C@H](O)[C@H]2O)[C@H](O)[C@H]1O. The van der Waals surface area contributed by atoms with E-state index in [1.807, 2.05) is 0 Å². The van der Waals surface area contributed by atoms with Crippen LogP contribution in [0.5, 0.6) is 0 Å². The lowest BCUT2D eigenvalue weighted by molar-refractivity contribution is -0.355. The second-order valence-corrected chi connectivity index (χ2v) is 5.41. The zero-order valence-electron chi connectivity index (χ0n) is 12.9. The van der Waals surface area contributed by atoms with Crippen LogP contribution in [-0.2, 0) is 14.2 Å². The minimum absolute atomic E-state index is 0.701. The Morgan fingerprint density at radius 3 is 1.91 bits per heavy atom. The third-order valence-electron chi connectivity index (χ3n) is 3.87. The highest BCUT2D eigenvalue weighted by atomic mass is 16.7. The molecule has 2 rings (SSSR count). The topological polar surface area (TPSA) is 190 Å². The summed E-state index contributed by atoms with van der Waals surface area (Å²) >= 11 is 0. The number of aliphatic hydroxyl groups is 8. The number of ether oxygens (including phenoxy) is 3. The molecule has 2 aliphatic rings. The molecule has 0 saturated carbocycles. The molecule has 10 atom stereocenters. The van der Waals surface area contributed by atoms with Crippen LogP contribution >= 0.6 is 0 Å². The highest BCUT2D eigenvalue weighted by Crippen LogP contribution is 2.28. The van der Waals surface area contributed by atoms with Gasteiger partial charge in [-0.3, -0.25) is 0 Å². The van der Waals surface area contributed by atoms with Crippen LogP contribution in [0.2, 0.25) is 0 Å². The lowest BCUT2D eigenvalue weighted by atomic mass is 9.97. The summed E-state index contributed by atoms with van der Waals surface area (Å²) in [6.07, 6.45) is -17.9. The Morgan fingerprint density at radius 2 is 1.35 bits per heavy atom. The van der Waals surface area contributed by atoms with Crippen molar-refractivity contribution in [1.82, 2.24) is 0 Å². The van der Waals surface area contributed by atoms with Crippen molar-refractivity contribution in [3.63, 3.8) is 0 Å². The molecule has 0 amide bonds. The fourth-order valence-electron chi connectivity index (χ4n) is 2.48. The van der Waals surface area contributed by atoms with Crippen LogP contribution in [-0.4, -0.2) is 115 Å². The molecule has 0 spiro atoms. The molecule has 0 aliphatic carbocycles. The van der Waals surface area contributed by atoms with E-state index in [1.54, 1.807) is 0 Å². The van der Waals surface area contributed by atoms with Gasteiger partial charge in [-0.1, -0.05) is 0 Å². The highest BCUT2D eigenvalue weighted by Gasteiger charge is 2.50. The Labute approximate surface area is 132 Å². The molecule has 23 heavy (non-hydrogen) atoms. The summed E-state index contributed by atoms with van der Waals surface area (Å²) < 4.78 is 22.4. The average Bonchev–Trinajstić information content (AvgIpc) is 2.55. The van der Waals surface area contributed by atoms with Gasteiger partial charge in [0.2, 0.25) is 0 Å². The molecule has 11 heteroatoms. The van der Waals surface area contributed by atoms with Crippen LogP contribution in [0.15, 0.2) is 0 Å². The van der Waals surface area contributed by atoms with Crippen molar-refractivity contribution in [1.29, 1.82) is 0 Å². The first-order valence-corrected chi connectivity index (χ1v) is 6.97. The summed E-state index contributed by atoms with van der Waals surface area (Å²) in [5, 5.41) is 76.8. The number of rotatable bonds is 4. The minimum Gasteiger partial charge on any atom is -0.394 e. The van der Waals surface area contributed by atoms with Crippen LogP contribution in [0.1, 0.15) is 1.37 Å². The van der Waals surface area contributed by atoms with Gasteiger partial charge in [0.05, 0.1) is 14.6 Å². The lowest BCUT2D eigenvalue weighted by Gasteiger charge is -2.45. The van der Waals surface area contributed by atoms with Crippen LogP contribution in [0.4, 0.5) is 0 Å². The molecule has 136 valence electrons. The zero-order chi connectivity index (χ0) is 18.2. The maximum Gasteiger partial charge on any atom is 0.187 e. The van der Waals surface area contributed by atoms with Gasteiger partial charge in [0.25, 0.3) is 0 Å². The average molecular weight is 343 g/mol. The van der Waals surface area contributed by atoms with Crippen molar-refractivity contribution >= 4 is 0 Å². The molecule has 0 bridgehead atoms. The van der Waals surface area contributed by atoms with E-state index in [0.29, 0.717) is 0 Å². The molecule has 2 fully saturated rings. The molecular formula is C12H22O11. The number of hydrogen-bond donors (Lipinski definition) is 8. The molecule has 0 aromatic heterocycles. The van der Waals surface area contributed by atoms with Crippen molar-refractivity contribution in [2.24, 2.45) is 0 Å². The summed E-state index contributed by atoms with van der Waals surface area (Å²) in [5.41, 5.74) is 0. The molecular weight excluding hydrogens is 320 g/mol. The molecule has 2 aliphatic heterocycles. The van der Waals surface area contributed by atoms with Gasteiger partial charge in [-0.2, -0.15) is 0 Å². The Bertz CT molecular complexity index is 420. The van der Waals surface area contributed by atoms with Gasteiger partial charge in [-0.15, -0.1) is 0 Å². The van der Waals surface area contributed by atoms with Crippen molar-refractivity contribution in [3.8, 4) is 0 Å². The summed E-state index contributed by atoms with van der Waals surface area (Å²) in [6.45, 7) is -1.51.